The first-order chi connectivity index (χ1) is 8.42. The Morgan fingerprint density at radius 3 is 2.50 bits per heavy atom. The van der Waals surface area contributed by atoms with Gasteiger partial charge in [0.25, 0.3) is 0 Å². The van der Waals surface area contributed by atoms with Gasteiger partial charge in [-0.05, 0) is 35.7 Å². The van der Waals surface area contributed by atoms with Gasteiger partial charge in [-0.1, -0.05) is 13.8 Å². The Hall–Kier alpha value is -0.390. The van der Waals surface area contributed by atoms with Crippen LogP contribution in [0.3, 0.4) is 0 Å². The average Bonchev–Trinajstić information content (AvgIpc) is 2.57. The van der Waals surface area contributed by atoms with Crippen LogP contribution >= 0.6 is 15.9 Å². The quantitative estimate of drug-likeness (QED) is 0.877. The lowest BCUT2D eigenvalue weighted by atomic mass is 9.96. The molecule has 0 spiro atoms. The van der Waals surface area contributed by atoms with Crippen LogP contribution in [0.25, 0.3) is 0 Å². The second-order valence-corrected chi connectivity index (χ2v) is 5.77. The molecule has 1 aromatic rings. The number of nitrogens with two attached hydrogens (primary N) is 1. The molecule has 2 unspecified atom stereocenters. The van der Waals surface area contributed by atoms with Gasteiger partial charge in [0, 0.05) is 26.1 Å². The van der Waals surface area contributed by atoms with Crippen molar-refractivity contribution >= 4 is 15.9 Å². The molecule has 18 heavy (non-hydrogen) atoms. The lowest BCUT2D eigenvalue weighted by Crippen LogP contribution is -2.41. The Balaban J connectivity index is 2.90. The van der Waals surface area contributed by atoms with Crippen LogP contribution in [0.15, 0.2) is 4.47 Å². The number of methoxy groups -OCH3 is 1. The molecule has 0 saturated heterocycles. The predicted octanol–water partition coefficient (Wildman–Crippen LogP) is 2.51. The standard InChI is InChI=1S/C13H24BrN3O/c1-6-17-11(12(14)9(4)16-17)7-10(15)13(18-5)8(2)3/h8,10,13H,6-7,15H2,1-5H3. The average molecular weight is 318 g/mol. The summed E-state index contributed by atoms with van der Waals surface area (Å²) in [6.45, 7) is 9.20. The molecule has 0 fully saturated rings. The second kappa shape index (κ2) is 6.68. The van der Waals surface area contributed by atoms with Gasteiger partial charge in [-0.15, -0.1) is 0 Å². The van der Waals surface area contributed by atoms with Crippen molar-refractivity contribution in [1.29, 1.82) is 0 Å². The molecule has 2 atom stereocenters. The Bertz CT molecular complexity index is 390. The Labute approximate surface area is 118 Å². The van der Waals surface area contributed by atoms with Crippen LogP contribution in [0.5, 0.6) is 0 Å². The van der Waals surface area contributed by atoms with E-state index in [9.17, 15) is 0 Å². The normalized spacial score (nSPS) is 15.1. The number of halogens is 1. The molecule has 2 N–H and O–H groups in total. The maximum absolute atomic E-state index is 6.28. The Morgan fingerprint density at radius 1 is 1.44 bits per heavy atom. The molecule has 5 heteroatoms. The molecule has 1 heterocycles. The molecule has 0 aliphatic rings. The van der Waals surface area contributed by atoms with E-state index < -0.39 is 0 Å². The highest BCUT2D eigenvalue weighted by atomic mass is 79.9. The lowest BCUT2D eigenvalue weighted by Gasteiger charge is -2.26. The fourth-order valence-electron chi connectivity index (χ4n) is 2.34. The summed E-state index contributed by atoms with van der Waals surface area (Å²) in [7, 11) is 1.72. The van der Waals surface area contributed by atoms with Gasteiger partial charge in [0.05, 0.1) is 22.0 Å². The first-order valence-electron chi connectivity index (χ1n) is 6.42. The van der Waals surface area contributed by atoms with E-state index >= 15 is 0 Å². The molecular weight excluding hydrogens is 294 g/mol. The lowest BCUT2D eigenvalue weighted by molar-refractivity contribution is 0.0436. The zero-order chi connectivity index (χ0) is 13.9. The van der Waals surface area contributed by atoms with Crippen molar-refractivity contribution < 1.29 is 4.74 Å². The van der Waals surface area contributed by atoms with Gasteiger partial charge in [0.2, 0.25) is 0 Å². The van der Waals surface area contributed by atoms with Crippen LogP contribution < -0.4 is 5.73 Å². The van der Waals surface area contributed by atoms with E-state index in [4.69, 9.17) is 10.5 Å². The summed E-state index contributed by atoms with van der Waals surface area (Å²) in [5.41, 5.74) is 8.45. The van der Waals surface area contributed by atoms with Gasteiger partial charge in [0.15, 0.2) is 0 Å². The van der Waals surface area contributed by atoms with E-state index in [1.54, 1.807) is 7.11 Å². The smallest absolute Gasteiger partial charge is 0.0748 e. The fourth-order valence-corrected chi connectivity index (χ4v) is 2.79. The van der Waals surface area contributed by atoms with Crippen molar-refractivity contribution in [2.24, 2.45) is 11.7 Å². The van der Waals surface area contributed by atoms with Crippen molar-refractivity contribution in [3.8, 4) is 0 Å². The highest BCUT2D eigenvalue weighted by molar-refractivity contribution is 9.10. The number of aromatic nitrogens is 2. The number of aryl methyl sites for hydroxylation is 2. The topological polar surface area (TPSA) is 53.1 Å². The monoisotopic (exact) mass is 317 g/mol. The Morgan fingerprint density at radius 2 is 2.06 bits per heavy atom. The number of rotatable bonds is 6. The van der Waals surface area contributed by atoms with Crippen molar-refractivity contribution in [2.45, 2.75) is 52.8 Å². The van der Waals surface area contributed by atoms with E-state index in [1.165, 1.54) is 0 Å². The summed E-state index contributed by atoms with van der Waals surface area (Å²) in [5.74, 6) is 0.405. The summed E-state index contributed by atoms with van der Waals surface area (Å²) in [6.07, 6.45) is 0.837. The van der Waals surface area contributed by atoms with Gasteiger partial charge < -0.3 is 10.5 Å². The molecule has 0 amide bonds. The van der Waals surface area contributed by atoms with Crippen LogP contribution in [0.4, 0.5) is 0 Å². The second-order valence-electron chi connectivity index (χ2n) is 4.97. The van der Waals surface area contributed by atoms with Crippen molar-refractivity contribution in [1.82, 2.24) is 9.78 Å². The largest absolute Gasteiger partial charge is 0.380 e. The summed E-state index contributed by atoms with van der Waals surface area (Å²) in [6, 6.07) is -0.0206. The van der Waals surface area contributed by atoms with Gasteiger partial charge in [-0.25, -0.2) is 0 Å². The van der Waals surface area contributed by atoms with E-state index in [-0.39, 0.29) is 12.1 Å². The third-order valence-corrected chi connectivity index (χ3v) is 4.26. The molecule has 0 bridgehead atoms. The third kappa shape index (κ3) is 3.33. The van der Waals surface area contributed by atoms with Gasteiger partial charge >= 0.3 is 0 Å². The summed E-state index contributed by atoms with van der Waals surface area (Å²) in [5, 5.41) is 4.49. The van der Waals surface area contributed by atoms with Crippen molar-refractivity contribution in [2.75, 3.05) is 7.11 Å². The predicted molar refractivity (Wildman–Crippen MR) is 77.7 cm³/mol. The summed E-state index contributed by atoms with van der Waals surface area (Å²) in [4.78, 5) is 0. The minimum Gasteiger partial charge on any atom is -0.380 e. The number of hydrogen-bond donors (Lipinski definition) is 1. The number of ether oxygens (including phenoxy) is 1. The van der Waals surface area contributed by atoms with E-state index in [2.05, 4.69) is 41.8 Å². The van der Waals surface area contributed by atoms with Gasteiger partial charge in [-0.3, -0.25) is 4.68 Å². The molecule has 0 aliphatic carbocycles. The van der Waals surface area contributed by atoms with Crippen LogP contribution in [-0.4, -0.2) is 29.0 Å². The first-order valence-corrected chi connectivity index (χ1v) is 7.21. The van der Waals surface area contributed by atoms with Gasteiger partial charge in [-0.2, -0.15) is 5.10 Å². The molecule has 1 aromatic heterocycles. The zero-order valence-corrected chi connectivity index (χ0v) is 13.5. The first kappa shape index (κ1) is 15.7. The van der Waals surface area contributed by atoms with Crippen molar-refractivity contribution in [3.05, 3.63) is 15.9 Å². The van der Waals surface area contributed by atoms with E-state index in [1.807, 2.05) is 11.6 Å². The SMILES string of the molecule is CCn1nc(C)c(Br)c1CC(N)C(OC)C(C)C. The minimum atomic E-state index is -0.0206. The van der Waals surface area contributed by atoms with E-state index in [0.717, 1.165) is 28.8 Å². The number of nitrogens with zero attached hydrogens (tertiary/aromatic N) is 2. The molecule has 4 nitrogen and oxygen atoms in total. The maximum Gasteiger partial charge on any atom is 0.0748 e. The Kier molecular flexibility index (Phi) is 5.82. The molecule has 0 aliphatic heterocycles. The molecule has 1 rings (SSSR count). The highest BCUT2D eigenvalue weighted by Gasteiger charge is 2.24. The van der Waals surface area contributed by atoms with Gasteiger partial charge in [0.1, 0.15) is 0 Å². The van der Waals surface area contributed by atoms with Crippen molar-refractivity contribution in [3.63, 3.8) is 0 Å². The van der Waals surface area contributed by atoms with E-state index in [0.29, 0.717) is 5.92 Å². The molecular formula is C13H24BrN3O. The maximum atomic E-state index is 6.28. The highest BCUT2D eigenvalue weighted by Crippen LogP contribution is 2.23. The molecule has 0 radical (unpaired) electrons. The fraction of sp³-hybridized carbons (Fsp3) is 0.769. The molecule has 0 saturated carbocycles. The van der Waals surface area contributed by atoms with Crippen LogP contribution in [0.1, 0.15) is 32.2 Å². The summed E-state index contributed by atoms with van der Waals surface area (Å²) < 4.78 is 8.57. The molecule has 0 aromatic carbocycles. The van der Waals surface area contributed by atoms with Crippen LogP contribution in [-0.2, 0) is 17.7 Å². The number of hydrogen-bond acceptors (Lipinski definition) is 3. The minimum absolute atomic E-state index is 0.0206. The van der Waals surface area contributed by atoms with Crippen LogP contribution in [0, 0.1) is 12.8 Å². The molecule has 104 valence electrons. The summed E-state index contributed by atoms with van der Waals surface area (Å²) >= 11 is 3.60. The zero-order valence-electron chi connectivity index (χ0n) is 11.9. The third-order valence-electron chi connectivity index (χ3n) is 3.23. The van der Waals surface area contributed by atoms with Crippen LogP contribution in [0.2, 0.25) is 0 Å².